The summed E-state index contributed by atoms with van der Waals surface area (Å²) in [7, 11) is 0. The van der Waals surface area contributed by atoms with Gasteiger partial charge in [-0.2, -0.15) is 0 Å². The second-order valence-electron chi connectivity index (χ2n) is 5.37. The van der Waals surface area contributed by atoms with Crippen molar-refractivity contribution >= 4 is 28.8 Å². The molecule has 0 bridgehead atoms. The van der Waals surface area contributed by atoms with E-state index in [1.165, 1.54) is 24.2 Å². The number of aromatic nitrogens is 3. The summed E-state index contributed by atoms with van der Waals surface area (Å²) < 4.78 is 2.55. The van der Waals surface area contributed by atoms with Gasteiger partial charge < -0.3 is 4.90 Å². The zero-order valence-corrected chi connectivity index (χ0v) is 12.3. The Morgan fingerprint density at radius 3 is 2.80 bits per heavy atom. The number of halogens is 1. The molecule has 104 valence electrons. The number of rotatable bonds is 3. The van der Waals surface area contributed by atoms with Crippen LogP contribution in [0.5, 0.6) is 0 Å². The van der Waals surface area contributed by atoms with Crippen LogP contribution in [0.1, 0.15) is 40.2 Å². The first kappa shape index (κ1) is 12.3. The molecule has 0 spiro atoms. The summed E-state index contributed by atoms with van der Waals surface area (Å²) >= 11 is 7.18. The van der Waals surface area contributed by atoms with Crippen LogP contribution in [0.4, 0.5) is 0 Å². The van der Waals surface area contributed by atoms with Crippen molar-refractivity contribution in [2.75, 3.05) is 13.1 Å². The molecule has 1 saturated carbocycles. The van der Waals surface area contributed by atoms with Gasteiger partial charge in [-0.25, -0.2) is 4.68 Å². The summed E-state index contributed by atoms with van der Waals surface area (Å²) in [5.41, 5.74) is 1.10. The third-order valence-corrected chi connectivity index (χ3v) is 5.05. The second kappa shape index (κ2) is 4.56. The van der Waals surface area contributed by atoms with Gasteiger partial charge >= 0.3 is 0 Å². The average molecular weight is 309 g/mol. The van der Waals surface area contributed by atoms with E-state index in [0.29, 0.717) is 28.2 Å². The second-order valence-corrected chi connectivity index (χ2v) is 7.08. The van der Waals surface area contributed by atoms with Crippen molar-refractivity contribution in [1.82, 2.24) is 19.9 Å². The lowest BCUT2D eigenvalue weighted by Crippen LogP contribution is -2.50. The van der Waals surface area contributed by atoms with Crippen LogP contribution in [0.2, 0.25) is 4.34 Å². The molecule has 2 fully saturated rings. The first-order valence-corrected chi connectivity index (χ1v) is 7.86. The molecular formula is C13H13ClN4OS. The van der Waals surface area contributed by atoms with Gasteiger partial charge in [0.25, 0.3) is 5.91 Å². The molecule has 5 nitrogen and oxygen atoms in total. The number of carbonyl (C=O) groups is 1. The van der Waals surface area contributed by atoms with E-state index in [1.54, 1.807) is 12.1 Å². The van der Waals surface area contributed by atoms with Gasteiger partial charge in [0.1, 0.15) is 0 Å². The van der Waals surface area contributed by atoms with Gasteiger partial charge in [-0.15, -0.1) is 16.4 Å². The van der Waals surface area contributed by atoms with Crippen molar-refractivity contribution in [1.29, 1.82) is 0 Å². The third-order valence-electron chi connectivity index (χ3n) is 3.83. The smallest absolute Gasteiger partial charge is 0.264 e. The number of thiophene rings is 1. The highest BCUT2D eigenvalue weighted by Crippen LogP contribution is 2.39. The SMILES string of the molecule is O=C(c1ccc(Cl)s1)N1CC(n2cc(C3CC3)nn2)C1. The van der Waals surface area contributed by atoms with Crippen molar-refractivity contribution in [3.63, 3.8) is 0 Å². The highest BCUT2D eigenvalue weighted by molar-refractivity contribution is 7.17. The fourth-order valence-corrected chi connectivity index (χ4v) is 3.42. The third kappa shape index (κ3) is 2.13. The zero-order chi connectivity index (χ0) is 13.7. The number of carbonyl (C=O) groups excluding carboxylic acids is 1. The van der Waals surface area contributed by atoms with Gasteiger partial charge in [-0.3, -0.25) is 4.79 Å². The van der Waals surface area contributed by atoms with Gasteiger partial charge in [0.05, 0.1) is 20.9 Å². The van der Waals surface area contributed by atoms with Crippen LogP contribution >= 0.6 is 22.9 Å². The van der Waals surface area contributed by atoms with E-state index in [-0.39, 0.29) is 11.9 Å². The summed E-state index contributed by atoms with van der Waals surface area (Å²) in [5.74, 6) is 0.676. The lowest BCUT2D eigenvalue weighted by molar-refractivity contribution is 0.0503. The molecular weight excluding hydrogens is 296 g/mol. The van der Waals surface area contributed by atoms with E-state index >= 15 is 0 Å². The van der Waals surface area contributed by atoms with Gasteiger partial charge in [-0.05, 0) is 25.0 Å². The van der Waals surface area contributed by atoms with E-state index in [0.717, 1.165) is 5.69 Å². The highest BCUT2D eigenvalue weighted by Gasteiger charge is 2.35. The topological polar surface area (TPSA) is 51.0 Å². The van der Waals surface area contributed by atoms with E-state index in [9.17, 15) is 4.79 Å². The molecule has 2 aromatic rings. The Hall–Kier alpha value is -1.40. The Kier molecular flexibility index (Phi) is 2.82. The molecule has 0 atom stereocenters. The van der Waals surface area contributed by atoms with E-state index in [1.807, 2.05) is 15.8 Å². The number of nitrogens with zero attached hydrogens (tertiary/aromatic N) is 4. The fraction of sp³-hybridized carbons (Fsp3) is 0.462. The Bertz CT molecular complexity index is 657. The lowest BCUT2D eigenvalue weighted by atomic mass is 10.1. The van der Waals surface area contributed by atoms with Crippen molar-refractivity contribution in [2.45, 2.75) is 24.8 Å². The first-order valence-electron chi connectivity index (χ1n) is 6.67. The van der Waals surface area contributed by atoms with Crippen LogP contribution in [0.3, 0.4) is 0 Å². The van der Waals surface area contributed by atoms with Crippen molar-refractivity contribution in [3.8, 4) is 0 Å². The van der Waals surface area contributed by atoms with Crippen LogP contribution in [0.15, 0.2) is 18.3 Å². The molecule has 0 N–H and O–H groups in total. The monoisotopic (exact) mass is 308 g/mol. The Labute approximate surface area is 125 Å². The molecule has 1 aliphatic carbocycles. The van der Waals surface area contributed by atoms with Crippen molar-refractivity contribution in [3.05, 3.63) is 33.2 Å². The predicted octanol–water partition coefficient (Wildman–Crippen LogP) is 2.57. The summed E-state index contributed by atoms with van der Waals surface area (Å²) in [6, 6.07) is 3.80. The Balaban J connectivity index is 1.39. The van der Waals surface area contributed by atoms with Crippen LogP contribution in [-0.4, -0.2) is 38.9 Å². The summed E-state index contributed by atoms with van der Waals surface area (Å²) in [5, 5.41) is 8.39. The molecule has 0 aromatic carbocycles. The molecule has 4 rings (SSSR count). The van der Waals surface area contributed by atoms with Gasteiger partial charge in [0, 0.05) is 25.2 Å². The summed E-state index contributed by atoms with van der Waals surface area (Å²) in [6.07, 6.45) is 4.49. The number of hydrogen-bond donors (Lipinski definition) is 0. The molecule has 1 aliphatic heterocycles. The first-order chi connectivity index (χ1) is 9.70. The number of hydrogen-bond acceptors (Lipinski definition) is 4. The molecule has 7 heteroatoms. The minimum Gasteiger partial charge on any atom is -0.334 e. The molecule has 2 aliphatic rings. The normalized spacial score (nSPS) is 19.1. The van der Waals surface area contributed by atoms with Gasteiger partial charge in [0.2, 0.25) is 0 Å². The van der Waals surface area contributed by atoms with Crippen molar-refractivity contribution in [2.24, 2.45) is 0 Å². The van der Waals surface area contributed by atoms with Crippen molar-refractivity contribution < 1.29 is 4.79 Å². The molecule has 0 radical (unpaired) electrons. The van der Waals surface area contributed by atoms with E-state index in [4.69, 9.17) is 11.6 Å². The maximum atomic E-state index is 12.2. The van der Waals surface area contributed by atoms with Gasteiger partial charge in [0.15, 0.2) is 0 Å². The standard InChI is InChI=1S/C13H13ClN4OS/c14-12-4-3-11(20-12)13(19)17-5-9(6-17)18-7-10(15-16-18)8-1-2-8/h3-4,7-9H,1-2,5-6H2. The quantitative estimate of drug-likeness (QED) is 0.875. The van der Waals surface area contributed by atoms with Crippen LogP contribution in [-0.2, 0) is 0 Å². The maximum absolute atomic E-state index is 12.2. The fourth-order valence-electron chi connectivity index (χ4n) is 2.41. The zero-order valence-electron chi connectivity index (χ0n) is 10.7. The molecule has 20 heavy (non-hydrogen) atoms. The molecule has 3 heterocycles. The minimum atomic E-state index is 0.0562. The van der Waals surface area contributed by atoms with E-state index < -0.39 is 0 Å². The predicted molar refractivity (Wildman–Crippen MR) is 76.3 cm³/mol. The molecule has 1 amide bonds. The maximum Gasteiger partial charge on any atom is 0.264 e. The minimum absolute atomic E-state index is 0.0562. The Morgan fingerprint density at radius 1 is 1.35 bits per heavy atom. The highest BCUT2D eigenvalue weighted by atomic mass is 35.5. The molecule has 0 unspecified atom stereocenters. The number of likely N-dealkylation sites (tertiary alicyclic amines) is 1. The molecule has 2 aromatic heterocycles. The molecule has 1 saturated heterocycles. The number of amides is 1. The van der Waals surface area contributed by atoms with Gasteiger partial charge in [-0.1, -0.05) is 16.8 Å². The van der Waals surface area contributed by atoms with Crippen LogP contribution < -0.4 is 0 Å². The Morgan fingerprint density at radius 2 is 2.15 bits per heavy atom. The average Bonchev–Trinajstić information content (AvgIpc) is 2.96. The van der Waals surface area contributed by atoms with Crippen LogP contribution in [0.25, 0.3) is 0 Å². The summed E-state index contributed by atoms with van der Waals surface area (Å²) in [4.78, 5) is 14.7. The lowest BCUT2D eigenvalue weighted by Gasteiger charge is -2.38. The summed E-state index contributed by atoms with van der Waals surface area (Å²) in [6.45, 7) is 1.39. The largest absolute Gasteiger partial charge is 0.334 e. The van der Waals surface area contributed by atoms with Crippen LogP contribution in [0, 0.1) is 0 Å². The van der Waals surface area contributed by atoms with E-state index in [2.05, 4.69) is 10.3 Å².